The number of nitrogens with zero attached hydrogens (tertiary/aromatic N) is 1. The summed E-state index contributed by atoms with van der Waals surface area (Å²) in [6.07, 6.45) is 2.70. The summed E-state index contributed by atoms with van der Waals surface area (Å²) in [5, 5.41) is 11.5. The maximum absolute atomic E-state index is 13.3. The fraction of sp³-hybridized carbons (Fsp3) is 0.462. The summed E-state index contributed by atoms with van der Waals surface area (Å²) in [5.74, 6) is -2.79. The van der Waals surface area contributed by atoms with Gasteiger partial charge in [0.2, 0.25) is 0 Å². The van der Waals surface area contributed by atoms with Gasteiger partial charge in [-0.05, 0) is 18.4 Å². The van der Waals surface area contributed by atoms with E-state index in [1.54, 1.807) is 0 Å². The predicted octanol–water partition coefficient (Wildman–Crippen LogP) is 1.70. The van der Waals surface area contributed by atoms with Crippen molar-refractivity contribution in [2.75, 3.05) is 6.54 Å². The van der Waals surface area contributed by atoms with Gasteiger partial charge in [-0.25, -0.2) is 4.39 Å². The number of carboxylic acids is 1. The third-order valence-corrected chi connectivity index (χ3v) is 2.63. The third kappa shape index (κ3) is 4.65. The first-order chi connectivity index (χ1) is 8.91. The Balaban J connectivity index is 2.62. The summed E-state index contributed by atoms with van der Waals surface area (Å²) in [4.78, 5) is 26.3. The highest BCUT2D eigenvalue weighted by Crippen LogP contribution is 2.12. The van der Waals surface area contributed by atoms with Gasteiger partial charge in [-0.3, -0.25) is 14.6 Å². The lowest BCUT2D eigenvalue weighted by molar-refractivity contribution is -0.142. The van der Waals surface area contributed by atoms with E-state index in [1.807, 2.05) is 13.8 Å². The van der Waals surface area contributed by atoms with Crippen molar-refractivity contribution in [1.82, 2.24) is 10.3 Å². The molecular weight excluding hydrogens is 251 g/mol. The molecule has 0 radical (unpaired) electrons. The van der Waals surface area contributed by atoms with Crippen molar-refractivity contribution in [1.29, 1.82) is 0 Å². The first kappa shape index (κ1) is 15.1. The van der Waals surface area contributed by atoms with Crippen LogP contribution in [0.5, 0.6) is 0 Å². The normalized spacial score (nSPS) is 12.2. The molecule has 2 N–H and O–H groups in total. The van der Waals surface area contributed by atoms with Gasteiger partial charge >= 0.3 is 5.97 Å². The molecule has 1 heterocycles. The molecule has 0 aromatic carbocycles. The number of carbonyl (C=O) groups is 2. The summed E-state index contributed by atoms with van der Waals surface area (Å²) < 4.78 is 13.3. The minimum atomic E-state index is -0.968. The van der Waals surface area contributed by atoms with Crippen molar-refractivity contribution in [2.45, 2.75) is 20.3 Å². The van der Waals surface area contributed by atoms with Gasteiger partial charge < -0.3 is 10.4 Å². The van der Waals surface area contributed by atoms with Crippen molar-refractivity contribution < 1.29 is 19.1 Å². The van der Waals surface area contributed by atoms with E-state index < -0.39 is 23.6 Å². The molecule has 0 spiro atoms. The molecule has 0 aliphatic heterocycles. The van der Waals surface area contributed by atoms with Gasteiger partial charge in [0, 0.05) is 12.7 Å². The Labute approximate surface area is 110 Å². The Morgan fingerprint density at radius 3 is 2.68 bits per heavy atom. The zero-order valence-electron chi connectivity index (χ0n) is 10.9. The molecule has 0 aliphatic carbocycles. The zero-order valence-corrected chi connectivity index (χ0v) is 10.9. The van der Waals surface area contributed by atoms with E-state index in [1.165, 1.54) is 12.3 Å². The number of carboxylic acid groups (broad SMARTS) is 1. The number of halogens is 1. The lowest BCUT2D eigenvalue weighted by Gasteiger charge is -2.15. The second-order valence-corrected chi connectivity index (χ2v) is 4.73. The predicted molar refractivity (Wildman–Crippen MR) is 67.1 cm³/mol. The smallest absolute Gasteiger partial charge is 0.308 e. The van der Waals surface area contributed by atoms with Gasteiger partial charge in [0.15, 0.2) is 5.82 Å². The molecule has 1 aromatic heterocycles. The molecule has 1 atom stereocenters. The fourth-order valence-electron chi connectivity index (χ4n) is 1.71. The minimum Gasteiger partial charge on any atom is -0.481 e. The Bertz CT molecular complexity index is 463. The number of aromatic nitrogens is 1. The number of carbonyl (C=O) groups excluding carboxylic acids is 1. The van der Waals surface area contributed by atoms with Gasteiger partial charge in [0.05, 0.1) is 17.7 Å². The Morgan fingerprint density at radius 1 is 1.47 bits per heavy atom. The van der Waals surface area contributed by atoms with E-state index in [4.69, 9.17) is 5.11 Å². The molecule has 1 rings (SSSR count). The van der Waals surface area contributed by atoms with Gasteiger partial charge in [0.25, 0.3) is 5.91 Å². The van der Waals surface area contributed by atoms with Crippen LogP contribution in [0, 0.1) is 17.7 Å². The highest BCUT2D eigenvalue weighted by molar-refractivity contribution is 5.94. The quantitative estimate of drug-likeness (QED) is 0.823. The first-order valence-corrected chi connectivity index (χ1v) is 6.02. The third-order valence-electron chi connectivity index (χ3n) is 2.63. The number of aliphatic carboxylic acids is 1. The van der Waals surface area contributed by atoms with Crippen LogP contribution in [0.3, 0.4) is 0 Å². The van der Waals surface area contributed by atoms with E-state index in [2.05, 4.69) is 10.3 Å². The van der Waals surface area contributed by atoms with E-state index in [0.717, 1.165) is 6.20 Å². The summed E-state index contributed by atoms with van der Waals surface area (Å²) in [6.45, 7) is 3.79. The van der Waals surface area contributed by atoms with E-state index in [0.29, 0.717) is 6.42 Å². The lowest BCUT2D eigenvalue weighted by Crippen LogP contribution is -2.34. The first-order valence-electron chi connectivity index (χ1n) is 6.02. The van der Waals surface area contributed by atoms with Crippen molar-refractivity contribution in [3.05, 3.63) is 29.8 Å². The SMILES string of the molecule is CC(C)CC(CNC(=O)c1ccncc1F)C(=O)O. The molecule has 19 heavy (non-hydrogen) atoms. The molecule has 0 saturated heterocycles. The van der Waals surface area contributed by atoms with Crippen LogP contribution < -0.4 is 5.32 Å². The molecule has 1 amide bonds. The second-order valence-electron chi connectivity index (χ2n) is 4.73. The molecule has 0 fully saturated rings. The highest BCUT2D eigenvalue weighted by Gasteiger charge is 2.20. The molecule has 1 aromatic rings. The lowest BCUT2D eigenvalue weighted by atomic mass is 9.97. The standard InChI is InChI=1S/C13H17FN2O3/c1-8(2)5-9(13(18)19)6-16-12(17)10-3-4-15-7-11(10)14/h3-4,7-9H,5-6H2,1-2H3,(H,16,17)(H,18,19). The molecular formula is C13H17FN2O3. The number of nitrogens with one attached hydrogen (secondary N) is 1. The zero-order chi connectivity index (χ0) is 14.4. The van der Waals surface area contributed by atoms with Crippen molar-refractivity contribution in [3.8, 4) is 0 Å². The maximum Gasteiger partial charge on any atom is 0.308 e. The van der Waals surface area contributed by atoms with E-state index in [-0.39, 0.29) is 18.0 Å². The number of hydrogen-bond donors (Lipinski definition) is 2. The largest absolute Gasteiger partial charge is 0.481 e. The Kier molecular flexibility index (Phi) is 5.41. The van der Waals surface area contributed by atoms with Crippen LogP contribution in [-0.2, 0) is 4.79 Å². The minimum absolute atomic E-state index is 0.0197. The number of amides is 1. The van der Waals surface area contributed by atoms with Gasteiger partial charge in [-0.15, -0.1) is 0 Å². The van der Waals surface area contributed by atoms with Crippen LogP contribution in [0.2, 0.25) is 0 Å². The molecule has 0 saturated carbocycles. The summed E-state index contributed by atoms with van der Waals surface area (Å²) >= 11 is 0. The van der Waals surface area contributed by atoms with Crippen molar-refractivity contribution in [3.63, 3.8) is 0 Å². The monoisotopic (exact) mass is 268 g/mol. The second kappa shape index (κ2) is 6.82. The average Bonchev–Trinajstić information content (AvgIpc) is 2.34. The van der Waals surface area contributed by atoms with Gasteiger partial charge in [-0.1, -0.05) is 13.8 Å². The van der Waals surface area contributed by atoms with Crippen molar-refractivity contribution in [2.24, 2.45) is 11.8 Å². The van der Waals surface area contributed by atoms with Crippen molar-refractivity contribution >= 4 is 11.9 Å². The topological polar surface area (TPSA) is 79.3 Å². The van der Waals surface area contributed by atoms with Crippen LogP contribution in [0.25, 0.3) is 0 Å². The molecule has 6 heteroatoms. The average molecular weight is 268 g/mol. The van der Waals surface area contributed by atoms with E-state index >= 15 is 0 Å². The molecule has 5 nitrogen and oxygen atoms in total. The van der Waals surface area contributed by atoms with Crippen LogP contribution in [0.1, 0.15) is 30.6 Å². The fourth-order valence-corrected chi connectivity index (χ4v) is 1.71. The van der Waals surface area contributed by atoms with Crippen LogP contribution in [0.15, 0.2) is 18.5 Å². The number of hydrogen-bond acceptors (Lipinski definition) is 3. The van der Waals surface area contributed by atoms with Crippen LogP contribution in [-0.4, -0.2) is 28.5 Å². The summed E-state index contributed by atoms with van der Waals surface area (Å²) in [5.41, 5.74) is -0.135. The number of rotatable bonds is 6. The summed E-state index contributed by atoms with van der Waals surface area (Å²) in [6, 6.07) is 1.25. The molecule has 0 bridgehead atoms. The maximum atomic E-state index is 13.3. The molecule has 0 aliphatic rings. The van der Waals surface area contributed by atoms with Gasteiger partial charge in [-0.2, -0.15) is 0 Å². The molecule has 104 valence electrons. The van der Waals surface area contributed by atoms with E-state index in [9.17, 15) is 14.0 Å². The summed E-state index contributed by atoms with van der Waals surface area (Å²) in [7, 11) is 0. The van der Waals surface area contributed by atoms with Crippen LogP contribution in [0.4, 0.5) is 4.39 Å². The highest BCUT2D eigenvalue weighted by atomic mass is 19.1. The number of pyridine rings is 1. The Morgan fingerprint density at radius 2 is 2.16 bits per heavy atom. The molecule has 1 unspecified atom stereocenters. The van der Waals surface area contributed by atoms with Gasteiger partial charge in [0.1, 0.15) is 0 Å². The van der Waals surface area contributed by atoms with Crippen LogP contribution >= 0.6 is 0 Å². The Hall–Kier alpha value is -1.98.